The fraction of sp³-hybridized carbons (Fsp3) is 0.571. The van der Waals surface area contributed by atoms with Crippen molar-refractivity contribution >= 4 is 0 Å². The van der Waals surface area contributed by atoms with Crippen LogP contribution in [0.2, 0.25) is 0 Å². The lowest BCUT2D eigenvalue weighted by Gasteiger charge is -2.34. The Bertz CT molecular complexity index is 409. The predicted octanol–water partition coefficient (Wildman–Crippen LogP) is 2.83. The maximum atomic E-state index is 10.1. The smallest absolute Gasteiger partial charge is 0.122 e. The van der Waals surface area contributed by atoms with E-state index in [1.165, 1.54) is 6.42 Å². The molecule has 1 aliphatic carbocycles. The lowest BCUT2D eigenvalue weighted by Crippen LogP contribution is -2.38. The number of aromatic hydroxyl groups is 1. The van der Waals surface area contributed by atoms with Gasteiger partial charge >= 0.3 is 0 Å². The third-order valence-corrected chi connectivity index (χ3v) is 3.80. The second kappa shape index (κ2) is 4.57. The van der Waals surface area contributed by atoms with E-state index in [2.05, 4.69) is 0 Å². The van der Waals surface area contributed by atoms with Crippen LogP contribution in [0.4, 0.5) is 0 Å². The van der Waals surface area contributed by atoms with E-state index < -0.39 is 0 Å². The van der Waals surface area contributed by atoms with Gasteiger partial charge in [-0.05, 0) is 37.5 Å². The topological polar surface area (TPSA) is 55.5 Å². The first-order valence-electron chi connectivity index (χ1n) is 6.24. The van der Waals surface area contributed by atoms with E-state index >= 15 is 0 Å². The zero-order valence-corrected chi connectivity index (χ0v) is 10.6. The highest BCUT2D eigenvalue weighted by atomic mass is 16.5. The van der Waals surface area contributed by atoms with Crippen molar-refractivity contribution in [2.45, 2.75) is 44.6 Å². The Morgan fingerprint density at radius 1 is 1.24 bits per heavy atom. The number of aryl methyl sites for hydroxylation is 1. The molecule has 0 radical (unpaired) electrons. The molecule has 0 heterocycles. The van der Waals surface area contributed by atoms with Gasteiger partial charge in [0.2, 0.25) is 0 Å². The van der Waals surface area contributed by atoms with Gasteiger partial charge in [-0.15, -0.1) is 0 Å². The summed E-state index contributed by atoms with van der Waals surface area (Å²) in [6.07, 6.45) is 5.38. The highest BCUT2D eigenvalue weighted by Gasteiger charge is 2.32. The molecule has 0 bridgehead atoms. The van der Waals surface area contributed by atoms with Crippen LogP contribution in [-0.4, -0.2) is 12.2 Å². The molecule has 0 amide bonds. The molecule has 0 aromatic heterocycles. The molecular weight excluding hydrogens is 214 g/mol. The van der Waals surface area contributed by atoms with Gasteiger partial charge < -0.3 is 15.6 Å². The molecule has 0 unspecified atom stereocenters. The summed E-state index contributed by atoms with van der Waals surface area (Å²) < 4.78 is 5.31. The van der Waals surface area contributed by atoms with Crippen LogP contribution in [0.15, 0.2) is 12.1 Å². The highest BCUT2D eigenvalue weighted by molar-refractivity contribution is 5.48. The number of benzene rings is 1. The predicted molar refractivity (Wildman–Crippen MR) is 68.3 cm³/mol. The van der Waals surface area contributed by atoms with Crippen molar-refractivity contribution < 1.29 is 9.84 Å². The molecule has 2 rings (SSSR count). The van der Waals surface area contributed by atoms with E-state index in [9.17, 15) is 5.11 Å². The molecule has 3 N–H and O–H groups in total. The van der Waals surface area contributed by atoms with Gasteiger partial charge in [0.25, 0.3) is 0 Å². The Balaban J connectivity index is 2.43. The monoisotopic (exact) mass is 235 g/mol. The second-order valence-corrected chi connectivity index (χ2v) is 5.06. The van der Waals surface area contributed by atoms with Gasteiger partial charge in [-0.3, -0.25) is 0 Å². The third kappa shape index (κ3) is 2.25. The Hall–Kier alpha value is -1.22. The maximum Gasteiger partial charge on any atom is 0.122 e. The van der Waals surface area contributed by atoms with Crippen LogP contribution >= 0.6 is 0 Å². The molecule has 1 aromatic rings. The lowest BCUT2D eigenvalue weighted by molar-refractivity contribution is 0.290. The molecule has 1 aliphatic rings. The van der Waals surface area contributed by atoms with Crippen molar-refractivity contribution in [2.24, 2.45) is 5.73 Å². The maximum absolute atomic E-state index is 10.1. The number of hydrogen-bond donors (Lipinski definition) is 2. The molecule has 1 aromatic carbocycles. The number of nitrogens with two attached hydrogens (primary N) is 1. The minimum absolute atomic E-state index is 0.299. The number of ether oxygens (including phenoxy) is 1. The Morgan fingerprint density at radius 2 is 1.88 bits per heavy atom. The first-order valence-corrected chi connectivity index (χ1v) is 6.24. The van der Waals surface area contributed by atoms with Crippen LogP contribution < -0.4 is 10.5 Å². The highest BCUT2D eigenvalue weighted by Crippen LogP contribution is 2.41. The van der Waals surface area contributed by atoms with Gasteiger partial charge in [0.15, 0.2) is 0 Å². The third-order valence-electron chi connectivity index (χ3n) is 3.80. The number of rotatable bonds is 2. The minimum Gasteiger partial charge on any atom is -0.508 e. The Morgan fingerprint density at radius 3 is 2.47 bits per heavy atom. The average molecular weight is 235 g/mol. The van der Waals surface area contributed by atoms with Gasteiger partial charge in [0, 0.05) is 11.1 Å². The molecule has 0 aliphatic heterocycles. The number of methoxy groups -OCH3 is 1. The zero-order valence-electron chi connectivity index (χ0n) is 10.6. The van der Waals surface area contributed by atoms with Crippen molar-refractivity contribution in [2.75, 3.05) is 7.11 Å². The van der Waals surface area contributed by atoms with Crippen molar-refractivity contribution in [1.82, 2.24) is 0 Å². The fourth-order valence-corrected chi connectivity index (χ4v) is 2.74. The van der Waals surface area contributed by atoms with E-state index in [1.54, 1.807) is 13.2 Å². The quantitative estimate of drug-likeness (QED) is 0.828. The van der Waals surface area contributed by atoms with Crippen LogP contribution in [0.3, 0.4) is 0 Å². The molecule has 0 atom stereocenters. The lowest BCUT2D eigenvalue weighted by atomic mass is 9.77. The van der Waals surface area contributed by atoms with Gasteiger partial charge in [-0.25, -0.2) is 0 Å². The summed E-state index contributed by atoms with van der Waals surface area (Å²) in [4.78, 5) is 0. The van der Waals surface area contributed by atoms with Crippen LogP contribution in [0.25, 0.3) is 0 Å². The van der Waals surface area contributed by atoms with E-state index in [0.717, 1.165) is 42.6 Å². The summed E-state index contributed by atoms with van der Waals surface area (Å²) in [6.45, 7) is 1.92. The largest absolute Gasteiger partial charge is 0.508 e. The van der Waals surface area contributed by atoms with Crippen molar-refractivity contribution in [3.8, 4) is 11.5 Å². The summed E-state index contributed by atoms with van der Waals surface area (Å²) in [5, 5.41) is 10.1. The Labute approximate surface area is 103 Å². The molecule has 94 valence electrons. The number of phenols is 1. The summed E-state index contributed by atoms with van der Waals surface area (Å²) >= 11 is 0. The van der Waals surface area contributed by atoms with Gasteiger partial charge in [-0.2, -0.15) is 0 Å². The van der Waals surface area contributed by atoms with Crippen molar-refractivity contribution in [3.05, 3.63) is 23.3 Å². The summed E-state index contributed by atoms with van der Waals surface area (Å²) in [6, 6.07) is 3.65. The molecule has 1 fully saturated rings. The number of hydrogen-bond acceptors (Lipinski definition) is 3. The molecular formula is C14H21NO2. The van der Waals surface area contributed by atoms with Crippen molar-refractivity contribution in [1.29, 1.82) is 0 Å². The molecule has 17 heavy (non-hydrogen) atoms. The fourth-order valence-electron chi connectivity index (χ4n) is 2.74. The first-order chi connectivity index (χ1) is 8.07. The van der Waals surface area contributed by atoms with Crippen LogP contribution in [0, 0.1) is 6.92 Å². The molecule has 0 saturated heterocycles. The molecule has 0 spiro atoms. The average Bonchev–Trinajstić information content (AvgIpc) is 2.30. The molecule has 1 saturated carbocycles. The summed E-state index contributed by atoms with van der Waals surface area (Å²) in [7, 11) is 1.65. The zero-order chi connectivity index (χ0) is 12.5. The normalized spacial score (nSPS) is 19.0. The Kier molecular flexibility index (Phi) is 3.29. The van der Waals surface area contributed by atoms with Gasteiger partial charge in [0.05, 0.1) is 7.11 Å². The minimum atomic E-state index is -0.386. The molecule has 3 nitrogen and oxygen atoms in total. The SMILES string of the molecule is COc1cc(C2(N)CCCCC2)c(O)cc1C. The van der Waals surface area contributed by atoms with Crippen LogP contribution in [0.1, 0.15) is 43.2 Å². The van der Waals surface area contributed by atoms with Gasteiger partial charge in [0.1, 0.15) is 11.5 Å². The van der Waals surface area contributed by atoms with E-state index in [-0.39, 0.29) is 5.54 Å². The van der Waals surface area contributed by atoms with Gasteiger partial charge in [-0.1, -0.05) is 19.3 Å². The second-order valence-electron chi connectivity index (χ2n) is 5.06. The van der Waals surface area contributed by atoms with E-state index in [1.807, 2.05) is 13.0 Å². The van der Waals surface area contributed by atoms with Crippen LogP contribution in [-0.2, 0) is 5.54 Å². The standard InChI is InChI=1S/C14H21NO2/c1-10-8-12(16)11(9-13(10)17-2)14(15)6-4-3-5-7-14/h8-9,16H,3-7,15H2,1-2H3. The van der Waals surface area contributed by atoms with Crippen molar-refractivity contribution in [3.63, 3.8) is 0 Å². The summed E-state index contributed by atoms with van der Waals surface area (Å²) in [5.74, 6) is 1.10. The summed E-state index contributed by atoms with van der Waals surface area (Å²) in [5.41, 5.74) is 7.82. The number of phenolic OH excluding ortho intramolecular Hbond substituents is 1. The first kappa shape index (κ1) is 12.2. The van der Waals surface area contributed by atoms with E-state index in [4.69, 9.17) is 10.5 Å². The molecule has 3 heteroatoms. The van der Waals surface area contributed by atoms with E-state index in [0.29, 0.717) is 5.75 Å². The van der Waals surface area contributed by atoms with Crippen LogP contribution in [0.5, 0.6) is 11.5 Å².